The van der Waals surface area contributed by atoms with Gasteiger partial charge in [-0.05, 0) is 57.4 Å². The molecule has 3 rings (SSSR count). The van der Waals surface area contributed by atoms with Gasteiger partial charge in [0.15, 0.2) is 0 Å². The van der Waals surface area contributed by atoms with Crippen molar-refractivity contribution in [3.8, 4) is 0 Å². The van der Waals surface area contributed by atoms with Crippen LogP contribution in [0, 0.1) is 20.8 Å². The summed E-state index contributed by atoms with van der Waals surface area (Å²) < 4.78 is 28.0. The Morgan fingerprint density at radius 3 is 2.21 bits per heavy atom. The maximum absolute atomic E-state index is 13.4. The number of hydrogen-bond acceptors (Lipinski definition) is 3. The third-order valence-corrected chi connectivity index (χ3v) is 7.01. The van der Waals surface area contributed by atoms with Gasteiger partial charge in [-0.1, -0.05) is 48.2 Å². The lowest BCUT2D eigenvalue weighted by atomic mass is 10.1. The normalized spacial score (nSPS) is 14.8. The SMILES string of the molecule is Cc1ccc(S(=O)(=O)N(CC(=O)NC2CCCC2)c2ccc(C)cc2C)cc1. The van der Waals surface area contributed by atoms with Gasteiger partial charge in [0.1, 0.15) is 6.54 Å². The van der Waals surface area contributed by atoms with E-state index in [1.165, 1.54) is 4.31 Å². The Labute approximate surface area is 167 Å². The molecule has 0 spiro atoms. The van der Waals surface area contributed by atoms with E-state index in [1.807, 2.05) is 32.9 Å². The summed E-state index contributed by atoms with van der Waals surface area (Å²) in [4.78, 5) is 12.9. The van der Waals surface area contributed by atoms with Crippen LogP contribution < -0.4 is 9.62 Å². The lowest BCUT2D eigenvalue weighted by molar-refractivity contribution is -0.120. The summed E-state index contributed by atoms with van der Waals surface area (Å²) >= 11 is 0. The fraction of sp³-hybridized carbons (Fsp3) is 0.409. The van der Waals surface area contributed by atoms with E-state index >= 15 is 0 Å². The third-order valence-electron chi connectivity index (χ3n) is 5.24. The lowest BCUT2D eigenvalue weighted by Crippen LogP contribution is -2.44. The summed E-state index contributed by atoms with van der Waals surface area (Å²) in [6.07, 6.45) is 4.13. The molecule has 0 aromatic heterocycles. The van der Waals surface area contributed by atoms with Crippen molar-refractivity contribution in [3.63, 3.8) is 0 Å². The van der Waals surface area contributed by atoms with Gasteiger partial charge in [0.05, 0.1) is 10.6 Å². The van der Waals surface area contributed by atoms with Crippen molar-refractivity contribution in [2.45, 2.75) is 57.4 Å². The number of benzene rings is 2. The first-order valence-electron chi connectivity index (χ1n) is 9.73. The summed E-state index contributed by atoms with van der Waals surface area (Å²) in [5, 5.41) is 3.00. The van der Waals surface area contributed by atoms with Gasteiger partial charge in [-0.2, -0.15) is 0 Å². The molecule has 2 aromatic rings. The minimum atomic E-state index is -3.86. The molecular weight excluding hydrogens is 372 g/mol. The quantitative estimate of drug-likeness (QED) is 0.800. The van der Waals surface area contributed by atoms with Crippen LogP contribution in [0.3, 0.4) is 0 Å². The molecule has 1 aliphatic rings. The largest absolute Gasteiger partial charge is 0.352 e. The van der Waals surface area contributed by atoms with Crippen LogP contribution in [0.1, 0.15) is 42.4 Å². The molecular formula is C22H28N2O3S. The molecule has 1 N–H and O–H groups in total. The van der Waals surface area contributed by atoms with Crippen LogP contribution in [0.25, 0.3) is 0 Å². The van der Waals surface area contributed by atoms with Crippen molar-refractivity contribution in [2.24, 2.45) is 0 Å². The molecule has 1 amide bonds. The van der Waals surface area contributed by atoms with Gasteiger partial charge in [-0.15, -0.1) is 0 Å². The summed E-state index contributed by atoms with van der Waals surface area (Å²) in [7, 11) is -3.86. The first-order chi connectivity index (χ1) is 13.3. The molecule has 1 saturated carbocycles. The van der Waals surface area contributed by atoms with Crippen molar-refractivity contribution in [1.82, 2.24) is 5.32 Å². The fourth-order valence-electron chi connectivity index (χ4n) is 3.70. The standard InChI is InChI=1S/C22H28N2O3S/c1-16-8-11-20(12-9-16)28(26,27)24(21-13-10-17(2)14-18(21)3)15-22(25)23-19-6-4-5-7-19/h8-14,19H,4-7,15H2,1-3H3,(H,23,25). The topological polar surface area (TPSA) is 66.5 Å². The van der Waals surface area contributed by atoms with E-state index < -0.39 is 10.0 Å². The number of anilines is 1. The third kappa shape index (κ3) is 4.55. The molecule has 1 aliphatic carbocycles. The number of hydrogen-bond donors (Lipinski definition) is 1. The first kappa shape index (κ1) is 20.4. The van der Waals surface area contributed by atoms with E-state index in [2.05, 4.69) is 5.32 Å². The number of nitrogens with zero attached hydrogens (tertiary/aromatic N) is 1. The summed E-state index contributed by atoms with van der Waals surface area (Å²) in [5.41, 5.74) is 3.39. The number of rotatable bonds is 6. The van der Waals surface area contributed by atoms with E-state index in [9.17, 15) is 13.2 Å². The Kier molecular flexibility index (Phi) is 6.08. The molecule has 0 saturated heterocycles. The Morgan fingerprint density at radius 2 is 1.61 bits per heavy atom. The average molecular weight is 401 g/mol. The lowest BCUT2D eigenvalue weighted by Gasteiger charge is -2.26. The number of aryl methyl sites for hydroxylation is 3. The molecule has 5 nitrogen and oxygen atoms in total. The van der Waals surface area contributed by atoms with Gasteiger partial charge < -0.3 is 5.32 Å². The maximum Gasteiger partial charge on any atom is 0.264 e. The van der Waals surface area contributed by atoms with Gasteiger partial charge in [-0.3, -0.25) is 9.10 Å². The molecule has 0 radical (unpaired) electrons. The number of amides is 1. The van der Waals surface area contributed by atoms with Gasteiger partial charge in [0.25, 0.3) is 10.0 Å². The predicted octanol–water partition coefficient (Wildman–Crippen LogP) is 3.87. The van der Waals surface area contributed by atoms with E-state index in [0.717, 1.165) is 42.4 Å². The van der Waals surface area contributed by atoms with Crippen molar-refractivity contribution in [1.29, 1.82) is 0 Å². The summed E-state index contributed by atoms with van der Waals surface area (Å²) in [5.74, 6) is -0.262. The van der Waals surface area contributed by atoms with Gasteiger partial charge in [-0.25, -0.2) is 8.42 Å². The maximum atomic E-state index is 13.4. The molecule has 0 unspecified atom stereocenters. The van der Waals surface area contributed by atoms with E-state index in [4.69, 9.17) is 0 Å². The highest BCUT2D eigenvalue weighted by atomic mass is 32.2. The van der Waals surface area contributed by atoms with E-state index in [1.54, 1.807) is 30.3 Å². The Bertz CT molecular complexity index is 946. The van der Waals surface area contributed by atoms with Crippen molar-refractivity contribution < 1.29 is 13.2 Å². The minimum absolute atomic E-state index is 0.149. The number of carbonyl (C=O) groups excluding carboxylic acids is 1. The summed E-state index contributed by atoms with van der Waals surface area (Å²) in [6, 6.07) is 12.5. The molecule has 28 heavy (non-hydrogen) atoms. The second-order valence-electron chi connectivity index (χ2n) is 7.66. The van der Waals surface area contributed by atoms with Crippen LogP contribution in [0.15, 0.2) is 47.4 Å². The minimum Gasteiger partial charge on any atom is -0.352 e. The second-order valence-corrected chi connectivity index (χ2v) is 9.53. The highest BCUT2D eigenvalue weighted by Gasteiger charge is 2.29. The molecule has 150 valence electrons. The Morgan fingerprint density at radius 1 is 1.00 bits per heavy atom. The second kappa shape index (κ2) is 8.35. The zero-order valence-electron chi connectivity index (χ0n) is 16.7. The molecule has 1 fully saturated rings. The highest BCUT2D eigenvalue weighted by Crippen LogP contribution is 2.28. The van der Waals surface area contributed by atoms with Crippen LogP contribution in [0.2, 0.25) is 0 Å². The van der Waals surface area contributed by atoms with Crippen molar-refractivity contribution in [2.75, 3.05) is 10.8 Å². The Hall–Kier alpha value is -2.34. The molecule has 0 atom stereocenters. The van der Waals surface area contributed by atoms with Gasteiger partial charge in [0.2, 0.25) is 5.91 Å². The monoisotopic (exact) mass is 400 g/mol. The van der Waals surface area contributed by atoms with Gasteiger partial charge in [0, 0.05) is 6.04 Å². The van der Waals surface area contributed by atoms with Crippen molar-refractivity contribution in [3.05, 3.63) is 59.2 Å². The molecule has 6 heteroatoms. The average Bonchev–Trinajstić information content (AvgIpc) is 3.13. The zero-order valence-corrected chi connectivity index (χ0v) is 17.6. The highest BCUT2D eigenvalue weighted by molar-refractivity contribution is 7.92. The summed E-state index contributed by atoms with van der Waals surface area (Å²) in [6.45, 7) is 5.52. The molecule has 0 bridgehead atoms. The number of sulfonamides is 1. The van der Waals surface area contributed by atoms with Crippen LogP contribution in [-0.2, 0) is 14.8 Å². The van der Waals surface area contributed by atoms with E-state index in [-0.39, 0.29) is 23.4 Å². The molecule has 0 heterocycles. The van der Waals surface area contributed by atoms with Crippen LogP contribution >= 0.6 is 0 Å². The zero-order chi connectivity index (χ0) is 20.3. The molecule has 0 aliphatic heterocycles. The number of nitrogens with one attached hydrogen (secondary N) is 1. The van der Waals surface area contributed by atoms with Crippen LogP contribution in [-0.4, -0.2) is 26.9 Å². The fourth-order valence-corrected chi connectivity index (χ4v) is 5.18. The van der Waals surface area contributed by atoms with Crippen LogP contribution in [0.5, 0.6) is 0 Å². The van der Waals surface area contributed by atoms with E-state index in [0.29, 0.717) is 5.69 Å². The van der Waals surface area contributed by atoms with Crippen LogP contribution in [0.4, 0.5) is 5.69 Å². The molecule has 2 aromatic carbocycles. The Balaban J connectivity index is 1.95. The first-order valence-corrected chi connectivity index (χ1v) is 11.2. The van der Waals surface area contributed by atoms with Crippen molar-refractivity contribution >= 4 is 21.6 Å². The predicted molar refractivity (Wildman–Crippen MR) is 112 cm³/mol. The number of carbonyl (C=O) groups is 1. The smallest absolute Gasteiger partial charge is 0.264 e. The van der Waals surface area contributed by atoms with Gasteiger partial charge >= 0.3 is 0 Å².